The Morgan fingerprint density at radius 1 is 1.31 bits per heavy atom. The number of hydrogen-bond donors (Lipinski definition) is 1. The lowest BCUT2D eigenvalue weighted by Gasteiger charge is -2.22. The van der Waals surface area contributed by atoms with Gasteiger partial charge in [-0.25, -0.2) is 0 Å². The van der Waals surface area contributed by atoms with E-state index in [9.17, 15) is 0 Å². The van der Waals surface area contributed by atoms with E-state index in [-0.39, 0.29) is 0 Å². The fourth-order valence-electron chi connectivity index (χ4n) is 2.42. The van der Waals surface area contributed by atoms with Gasteiger partial charge < -0.3 is 10.2 Å². The second-order valence-electron chi connectivity index (χ2n) is 4.56. The summed E-state index contributed by atoms with van der Waals surface area (Å²) in [6, 6.07) is 4.02. The first-order valence-corrected chi connectivity index (χ1v) is 7.29. The summed E-state index contributed by atoms with van der Waals surface area (Å²) in [5, 5.41) is 0.734. The van der Waals surface area contributed by atoms with E-state index < -0.39 is 0 Å². The van der Waals surface area contributed by atoms with Crippen molar-refractivity contribution in [1.29, 1.82) is 0 Å². The summed E-state index contributed by atoms with van der Waals surface area (Å²) in [4.78, 5) is 0. The van der Waals surface area contributed by atoms with Crippen LogP contribution in [0.1, 0.15) is 37.9 Å². The predicted molar refractivity (Wildman–Crippen MR) is 69.4 cm³/mol. The molecule has 2 atom stereocenters. The Morgan fingerprint density at radius 2 is 2.19 bits per heavy atom. The molecule has 1 aromatic rings. The second-order valence-corrected chi connectivity index (χ2v) is 5.79. The minimum atomic E-state index is 0.711. The maximum Gasteiger partial charge on any atom is 0.113 e. The van der Waals surface area contributed by atoms with E-state index in [4.69, 9.17) is 10.2 Å². The quantitative estimate of drug-likeness (QED) is 0.818. The van der Waals surface area contributed by atoms with E-state index in [1.165, 1.54) is 32.1 Å². The van der Waals surface area contributed by atoms with E-state index in [1.54, 1.807) is 6.26 Å². The van der Waals surface area contributed by atoms with Gasteiger partial charge in [-0.1, -0.05) is 19.3 Å². The SMILES string of the molecule is NCC1CCCCCC1SCc1ccco1. The maximum absolute atomic E-state index is 5.88. The normalized spacial score (nSPS) is 26.6. The van der Waals surface area contributed by atoms with E-state index in [1.807, 2.05) is 17.8 Å². The smallest absolute Gasteiger partial charge is 0.113 e. The minimum Gasteiger partial charge on any atom is -0.468 e. The van der Waals surface area contributed by atoms with Crippen LogP contribution in [0.5, 0.6) is 0 Å². The molecule has 2 unspecified atom stereocenters. The monoisotopic (exact) mass is 239 g/mol. The third-order valence-electron chi connectivity index (χ3n) is 3.41. The van der Waals surface area contributed by atoms with Gasteiger partial charge in [0, 0.05) is 5.25 Å². The van der Waals surface area contributed by atoms with Gasteiger partial charge in [0.1, 0.15) is 5.76 Å². The topological polar surface area (TPSA) is 39.2 Å². The molecule has 0 aliphatic heterocycles. The van der Waals surface area contributed by atoms with Crippen molar-refractivity contribution in [3.05, 3.63) is 24.2 Å². The summed E-state index contributed by atoms with van der Waals surface area (Å²) >= 11 is 2.03. The molecule has 2 nitrogen and oxygen atoms in total. The molecule has 0 saturated heterocycles. The summed E-state index contributed by atoms with van der Waals surface area (Å²) in [6.07, 6.45) is 8.50. The van der Waals surface area contributed by atoms with Crippen LogP contribution in [0.2, 0.25) is 0 Å². The molecule has 3 heteroatoms. The van der Waals surface area contributed by atoms with Crippen LogP contribution in [-0.4, -0.2) is 11.8 Å². The van der Waals surface area contributed by atoms with Crippen molar-refractivity contribution < 1.29 is 4.42 Å². The molecule has 0 aromatic carbocycles. The van der Waals surface area contributed by atoms with Crippen LogP contribution >= 0.6 is 11.8 Å². The molecular weight excluding hydrogens is 218 g/mol. The second kappa shape index (κ2) is 6.36. The fraction of sp³-hybridized carbons (Fsp3) is 0.692. The molecular formula is C13H21NOS. The van der Waals surface area contributed by atoms with Gasteiger partial charge in [-0.3, -0.25) is 0 Å². The molecule has 0 radical (unpaired) electrons. The minimum absolute atomic E-state index is 0.711. The summed E-state index contributed by atoms with van der Waals surface area (Å²) in [5.41, 5.74) is 5.88. The van der Waals surface area contributed by atoms with Crippen molar-refractivity contribution in [3.63, 3.8) is 0 Å². The van der Waals surface area contributed by atoms with Gasteiger partial charge in [0.2, 0.25) is 0 Å². The summed E-state index contributed by atoms with van der Waals surface area (Å²) in [5.74, 6) is 2.79. The van der Waals surface area contributed by atoms with Crippen molar-refractivity contribution in [3.8, 4) is 0 Å². The predicted octanol–water partition coefficient (Wildman–Crippen LogP) is 3.42. The first kappa shape index (κ1) is 12.1. The summed E-state index contributed by atoms with van der Waals surface area (Å²) in [6.45, 7) is 0.843. The lowest BCUT2D eigenvalue weighted by Crippen LogP contribution is -2.24. The third kappa shape index (κ3) is 3.29. The van der Waals surface area contributed by atoms with Gasteiger partial charge in [-0.15, -0.1) is 0 Å². The molecule has 1 heterocycles. The molecule has 1 saturated carbocycles. The lowest BCUT2D eigenvalue weighted by molar-refractivity contribution is 0.482. The highest BCUT2D eigenvalue weighted by Crippen LogP contribution is 2.33. The van der Waals surface area contributed by atoms with E-state index in [0.29, 0.717) is 5.92 Å². The number of furan rings is 1. The Hall–Kier alpha value is -0.410. The van der Waals surface area contributed by atoms with Crippen molar-refractivity contribution in [2.45, 2.75) is 43.1 Å². The Balaban J connectivity index is 1.85. The van der Waals surface area contributed by atoms with Crippen LogP contribution in [-0.2, 0) is 5.75 Å². The van der Waals surface area contributed by atoms with Gasteiger partial charge in [-0.05, 0) is 37.4 Å². The molecule has 2 rings (SSSR count). The number of nitrogens with two attached hydrogens (primary N) is 1. The molecule has 0 spiro atoms. The Bertz CT molecular complexity index is 286. The van der Waals surface area contributed by atoms with Gasteiger partial charge in [0.15, 0.2) is 0 Å². The van der Waals surface area contributed by atoms with Gasteiger partial charge in [0.25, 0.3) is 0 Å². The van der Waals surface area contributed by atoms with Crippen molar-refractivity contribution >= 4 is 11.8 Å². The van der Waals surface area contributed by atoms with Gasteiger partial charge in [0.05, 0.1) is 12.0 Å². The number of rotatable bonds is 4. The van der Waals surface area contributed by atoms with Crippen LogP contribution in [0.15, 0.2) is 22.8 Å². The molecule has 1 aliphatic rings. The number of thioether (sulfide) groups is 1. The maximum atomic E-state index is 5.88. The molecule has 1 aromatic heterocycles. The Labute approximate surface area is 102 Å². The third-order valence-corrected chi connectivity index (χ3v) is 4.91. The van der Waals surface area contributed by atoms with Gasteiger partial charge in [-0.2, -0.15) is 11.8 Å². The average molecular weight is 239 g/mol. The van der Waals surface area contributed by atoms with E-state index in [0.717, 1.165) is 23.3 Å². The zero-order chi connectivity index (χ0) is 11.2. The summed E-state index contributed by atoms with van der Waals surface area (Å²) in [7, 11) is 0. The van der Waals surface area contributed by atoms with E-state index >= 15 is 0 Å². The molecule has 1 fully saturated rings. The van der Waals surface area contributed by atoms with E-state index in [2.05, 4.69) is 6.07 Å². The van der Waals surface area contributed by atoms with Crippen LogP contribution in [0, 0.1) is 5.92 Å². The lowest BCUT2D eigenvalue weighted by atomic mass is 10.0. The highest BCUT2D eigenvalue weighted by Gasteiger charge is 2.22. The zero-order valence-electron chi connectivity index (χ0n) is 9.73. The van der Waals surface area contributed by atoms with Gasteiger partial charge >= 0.3 is 0 Å². The first-order chi connectivity index (χ1) is 7.90. The van der Waals surface area contributed by atoms with Crippen LogP contribution in [0.3, 0.4) is 0 Å². The first-order valence-electron chi connectivity index (χ1n) is 6.24. The highest BCUT2D eigenvalue weighted by molar-refractivity contribution is 7.99. The standard InChI is InChI=1S/C13H21NOS/c14-9-11-5-2-1-3-7-13(11)16-10-12-6-4-8-15-12/h4,6,8,11,13H,1-3,5,7,9-10,14H2. The number of hydrogen-bond acceptors (Lipinski definition) is 3. The van der Waals surface area contributed by atoms with Crippen molar-refractivity contribution in [2.75, 3.05) is 6.54 Å². The molecule has 90 valence electrons. The van der Waals surface area contributed by atoms with Crippen molar-refractivity contribution in [2.24, 2.45) is 11.7 Å². The Kier molecular flexibility index (Phi) is 4.79. The van der Waals surface area contributed by atoms with Crippen LogP contribution < -0.4 is 5.73 Å². The summed E-state index contributed by atoms with van der Waals surface area (Å²) < 4.78 is 5.37. The fourth-order valence-corrected chi connectivity index (χ4v) is 3.82. The molecule has 1 aliphatic carbocycles. The highest BCUT2D eigenvalue weighted by atomic mass is 32.2. The average Bonchev–Trinajstić information content (AvgIpc) is 2.71. The van der Waals surface area contributed by atoms with Crippen molar-refractivity contribution in [1.82, 2.24) is 0 Å². The molecule has 16 heavy (non-hydrogen) atoms. The molecule has 0 amide bonds. The van der Waals surface area contributed by atoms with Crippen LogP contribution in [0.25, 0.3) is 0 Å². The molecule has 0 bridgehead atoms. The largest absolute Gasteiger partial charge is 0.468 e. The zero-order valence-corrected chi connectivity index (χ0v) is 10.5. The van der Waals surface area contributed by atoms with Crippen LogP contribution in [0.4, 0.5) is 0 Å². The molecule has 2 N–H and O–H groups in total. The Morgan fingerprint density at radius 3 is 2.94 bits per heavy atom.